The number of aromatic nitrogens is 4. The van der Waals surface area contributed by atoms with E-state index in [1.54, 1.807) is 23.0 Å². The van der Waals surface area contributed by atoms with E-state index in [0.717, 1.165) is 51.4 Å². The number of likely N-dealkylation sites (tertiary alicyclic amines) is 1. The quantitative estimate of drug-likeness (QED) is 0.767. The third-order valence-corrected chi connectivity index (χ3v) is 5.49. The van der Waals surface area contributed by atoms with Crippen LogP contribution in [0, 0.1) is 6.92 Å². The standard InChI is InChI=1S/C19H27N7O2.ClH/c1-3-28-18-5-4-17(22-23-18)26-14(2)16(12-21-26)19(27)25-9-6-15(13-25)24-10-7-20-8-11-24;/h4-5,12,15,20H,3,6-11,13H2,1-2H3;1H. The highest BCUT2D eigenvalue weighted by molar-refractivity contribution is 5.95. The maximum Gasteiger partial charge on any atom is 0.257 e. The Morgan fingerprint density at radius 2 is 2.03 bits per heavy atom. The first-order chi connectivity index (χ1) is 13.7. The van der Waals surface area contributed by atoms with Crippen molar-refractivity contribution in [1.82, 2.24) is 35.1 Å². The number of nitrogens with one attached hydrogen (secondary N) is 1. The number of piperazine rings is 1. The van der Waals surface area contributed by atoms with E-state index in [1.165, 1.54) is 0 Å². The van der Waals surface area contributed by atoms with Gasteiger partial charge in [0.2, 0.25) is 5.88 Å². The molecule has 29 heavy (non-hydrogen) atoms. The third kappa shape index (κ3) is 4.52. The van der Waals surface area contributed by atoms with E-state index >= 15 is 0 Å². The monoisotopic (exact) mass is 421 g/mol. The molecule has 1 atom stereocenters. The van der Waals surface area contributed by atoms with Crippen molar-refractivity contribution in [2.45, 2.75) is 26.3 Å². The molecule has 1 unspecified atom stereocenters. The van der Waals surface area contributed by atoms with Crippen LogP contribution in [-0.4, -0.2) is 87.6 Å². The Morgan fingerprint density at radius 1 is 1.24 bits per heavy atom. The van der Waals surface area contributed by atoms with Crippen LogP contribution in [0.15, 0.2) is 18.3 Å². The number of hydrogen-bond donors (Lipinski definition) is 1. The number of hydrogen-bond acceptors (Lipinski definition) is 7. The van der Waals surface area contributed by atoms with Gasteiger partial charge in [-0.2, -0.15) is 5.10 Å². The van der Waals surface area contributed by atoms with Crippen molar-refractivity contribution in [2.75, 3.05) is 45.9 Å². The molecule has 0 radical (unpaired) electrons. The molecule has 2 aromatic heterocycles. The lowest BCUT2D eigenvalue weighted by molar-refractivity contribution is 0.0772. The van der Waals surface area contributed by atoms with Crippen molar-refractivity contribution in [3.05, 3.63) is 29.6 Å². The molecule has 2 aliphatic rings. The number of rotatable bonds is 5. The van der Waals surface area contributed by atoms with Crippen LogP contribution in [0.1, 0.15) is 29.4 Å². The SMILES string of the molecule is CCOc1ccc(-n2ncc(C(=O)N3CCC(N4CCNCC4)C3)c2C)nn1.Cl. The molecule has 4 rings (SSSR count). The van der Waals surface area contributed by atoms with Crippen LogP contribution in [0.25, 0.3) is 5.82 Å². The zero-order valence-electron chi connectivity index (χ0n) is 16.9. The summed E-state index contributed by atoms with van der Waals surface area (Å²) < 4.78 is 6.98. The number of carbonyl (C=O) groups is 1. The highest BCUT2D eigenvalue weighted by Crippen LogP contribution is 2.21. The third-order valence-electron chi connectivity index (χ3n) is 5.49. The van der Waals surface area contributed by atoms with Gasteiger partial charge in [-0.05, 0) is 26.3 Å². The highest BCUT2D eigenvalue weighted by Gasteiger charge is 2.32. The minimum absolute atomic E-state index is 0. The molecule has 2 aliphatic heterocycles. The molecule has 9 nitrogen and oxygen atoms in total. The zero-order chi connectivity index (χ0) is 19.5. The molecule has 0 spiro atoms. The Bertz CT molecular complexity index is 820. The van der Waals surface area contributed by atoms with Crippen molar-refractivity contribution in [3.8, 4) is 11.7 Å². The Morgan fingerprint density at radius 3 is 2.72 bits per heavy atom. The van der Waals surface area contributed by atoms with Gasteiger partial charge in [-0.25, -0.2) is 4.68 Å². The summed E-state index contributed by atoms with van der Waals surface area (Å²) in [7, 11) is 0. The molecule has 1 N–H and O–H groups in total. The average Bonchev–Trinajstić information content (AvgIpc) is 3.36. The minimum atomic E-state index is 0. The van der Waals surface area contributed by atoms with Crippen molar-refractivity contribution in [3.63, 3.8) is 0 Å². The summed E-state index contributed by atoms with van der Waals surface area (Å²) in [6.07, 6.45) is 2.66. The predicted molar refractivity (Wildman–Crippen MR) is 111 cm³/mol. The van der Waals surface area contributed by atoms with Gasteiger partial charge in [0.05, 0.1) is 24.1 Å². The number of amides is 1. The first kappa shape index (κ1) is 21.5. The second-order valence-electron chi connectivity index (χ2n) is 7.20. The summed E-state index contributed by atoms with van der Waals surface area (Å²) in [5, 5.41) is 16.0. The fourth-order valence-corrected chi connectivity index (χ4v) is 3.94. The van der Waals surface area contributed by atoms with E-state index in [4.69, 9.17) is 4.74 Å². The van der Waals surface area contributed by atoms with Crippen LogP contribution in [0.5, 0.6) is 5.88 Å². The Labute approximate surface area is 176 Å². The van der Waals surface area contributed by atoms with Gasteiger partial charge in [0.15, 0.2) is 5.82 Å². The lowest BCUT2D eigenvalue weighted by Gasteiger charge is -2.32. The number of carbonyl (C=O) groups excluding carboxylic acids is 1. The van der Waals surface area contributed by atoms with E-state index in [2.05, 4.69) is 25.5 Å². The Balaban J connectivity index is 0.00000240. The zero-order valence-corrected chi connectivity index (χ0v) is 17.7. The summed E-state index contributed by atoms with van der Waals surface area (Å²) >= 11 is 0. The average molecular weight is 422 g/mol. The molecule has 0 aliphatic carbocycles. The van der Waals surface area contributed by atoms with Gasteiger partial charge in [-0.3, -0.25) is 9.69 Å². The van der Waals surface area contributed by atoms with Gasteiger partial charge in [0.25, 0.3) is 5.91 Å². The fraction of sp³-hybridized carbons (Fsp3) is 0.579. The van der Waals surface area contributed by atoms with Gasteiger partial charge in [-0.1, -0.05) is 0 Å². The molecule has 2 aromatic rings. The molecule has 10 heteroatoms. The normalized spacial score (nSPS) is 19.8. The van der Waals surface area contributed by atoms with Gasteiger partial charge in [0.1, 0.15) is 0 Å². The first-order valence-corrected chi connectivity index (χ1v) is 9.93. The predicted octanol–water partition coefficient (Wildman–Crippen LogP) is 0.911. The van der Waals surface area contributed by atoms with Crippen LogP contribution >= 0.6 is 12.4 Å². The number of ether oxygens (including phenoxy) is 1. The lowest BCUT2D eigenvalue weighted by Crippen LogP contribution is -2.49. The van der Waals surface area contributed by atoms with Crippen LogP contribution < -0.4 is 10.1 Å². The largest absolute Gasteiger partial charge is 0.477 e. The molecule has 1 amide bonds. The molecule has 2 fully saturated rings. The molecule has 2 saturated heterocycles. The maximum atomic E-state index is 13.1. The second-order valence-corrected chi connectivity index (χ2v) is 7.20. The van der Waals surface area contributed by atoms with Crippen LogP contribution in [0.2, 0.25) is 0 Å². The van der Waals surface area contributed by atoms with Gasteiger partial charge in [0, 0.05) is 51.4 Å². The molecule has 0 bridgehead atoms. The van der Waals surface area contributed by atoms with Gasteiger partial charge >= 0.3 is 0 Å². The summed E-state index contributed by atoms with van der Waals surface area (Å²) in [5.74, 6) is 1.09. The second kappa shape index (κ2) is 9.51. The van der Waals surface area contributed by atoms with Crippen molar-refractivity contribution < 1.29 is 9.53 Å². The number of nitrogens with zero attached hydrogens (tertiary/aromatic N) is 6. The topological polar surface area (TPSA) is 88.4 Å². The summed E-state index contributed by atoms with van der Waals surface area (Å²) in [4.78, 5) is 17.5. The van der Waals surface area contributed by atoms with Crippen molar-refractivity contribution in [2.24, 2.45) is 0 Å². The van der Waals surface area contributed by atoms with E-state index in [-0.39, 0.29) is 18.3 Å². The molecule has 0 saturated carbocycles. The molecule has 4 heterocycles. The smallest absolute Gasteiger partial charge is 0.257 e. The lowest BCUT2D eigenvalue weighted by atomic mass is 10.2. The van der Waals surface area contributed by atoms with E-state index in [0.29, 0.717) is 29.9 Å². The fourth-order valence-electron chi connectivity index (χ4n) is 3.94. The summed E-state index contributed by atoms with van der Waals surface area (Å²) in [6.45, 7) is 10.1. The summed E-state index contributed by atoms with van der Waals surface area (Å²) in [6, 6.07) is 4.01. The minimum Gasteiger partial charge on any atom is -0.477 e. The molecular formula is C19H28ClN7O2. The highest BCUT2D eigenvalue weighted by atomic mass is 35.5. The number of halogens is 1. The maximum absolute atomic E-state index is 13.1. The van der Waals surface area contributed by atoms with Crippen molar-refractivity contribution in [1.29, 1.82) is 0 Å². The summed E-state index contributed by atoms with van der Waals surface area (Å²) in [5.41, 5.74) is 1.39. The van der Waals surface area contributed by atoms with Gasteiger partial charge in [-0.15, -0.1) is 22.6 Å². The Kier molecular flexibility index (Phi) is 7.05. The van der Waals surface area contributed by atoms with Crippen LogP contribution in [0.4, 0.5) is 0 Å². The Hall–Kier alpha value is -2.23. The van der Waals surface area contributed by atoms with E-state index < -0.39 is 0 Å². The first-order valence-electron chi connectivity index (χ1n) is 9.93. The van der Waals surface area contributed by atoms with Crippen LogP contribution in [-0.2, 0) is 0 Å². The van der Waals surface area contributed by atoms with Crippen LogP contribution in [0.3, 0.4) is 0 Å². The molecular weight excluding hydrogens is 394 g/mol. The van der Waals surface area contributed by atoms with Crippen molar-refractivity contribution >= 4 is 18.3 Å². The van der Waals surface area contributed by atoms with Gasteiger partial charge < -0.3 is 15.0 Å². The molecule has 0 aromatic carbocycles. The molecule has 158 valence electrons. The van der Waals surface area contributed by atoms with E-state index in [1.807, 2.05) is 18.7 Å². The van der Waals surface area contributed by atoms with E-state index in [9.17, 15) is 4.79 Å².